The van der Waals surface area contributed by atoms with Gasteiger partial charge in [0, 0.05) is 49.4 Å². The Bertz CT molecular complexity index is 729. The quantitative estimate of drug-likeness (QED) is 0.928. The number of hydrogen-bond acceptors (Lipinski definition) is 4. The van der Waals surface area contributed by atoms with Crippen molar-refractivity contribution in [2.75, 3.05) is 6.54 Å². The molecule has 4 heteroatoms. The van der Waals surface area contributed by atoms with Crippen molar-refractivity contribution in [3.8, 4) is 0 Å². The Balaban J connectivity index is 1.66. The van der Waals surface area contributed by atoms with Crippen LogP contribution in [0.4, 0.5) is 0 Å². The molecule has 2 atom stereocenters. The van der Waals surface area contributed by atoms with Crippen LogP contribution in [0, 0.1) is 0 Å². The standard InChI is InChI=1S/C20H24N4/c1-15-11-18-19(13-22-15)24(14-20-21-9-6-10-23(18)20)16(2)12-17-7-4-3-5-8-17/h3-10,14-16,22H,11-13H2,1-2H3. The molecule has 1 N–H and O–H groups in total. The van der Waals surface area contributed by atoms with Gasteiger partial charge in [-0.1, -0.05) is 30.3 Å². The minimum absolute atomic E-state index is 0.392. The van der Waals surface area contributed by atoms with Crippen LogP contribution < -0.4 is 5.32 Å². The predicted molar refractivity (Wildman–Crippen MR) is 98.1 cm³/mol. The van der Waals surface area contributed by atoms with E-state index in [4.69, 9.17) is 0 Å². The van der Waals surface area contributed by atoms with Crippen molar-refractivity contribution in [2.45, 2.75) is 38.8 Å². The highest BCUT2D eigenvalue weighted by Crippen LogP contribution is 2.34. The Kier molecular flexibility index (Phi) is 3.98. The smallest absolute Gasteiger partial charge is 0.153 e. The lowest BCUT2D eigenvalue weighted by Crippen LogP contribution is -2.46. The van der Waals surface area contributed by atoms with Crippen molar-refractivity contribution in [3.63, 3.8) is 0 Å². The molecule has 0 bridgehead atoms. The first-order chi connectivity index (χ1) is 11.7. The van der Waals surface area contributed by atoms with E-state index < -0.39 is 0 Å². The molecule has 24 heavy (non-hydrogen) atoms. The first-order valence-corrected chi connectivity index (χ1v) is 8.72. The highest BCUT2D eigenvalue weighted by molar-refractivity contribution is 5.73. The van der Waals surface area contributed by atoms with Crippen molar-refractivity contribution in [1.82, 2.24) is 15.1 Å². The fourth-order valence-corrected chi connectivity index (χ4v) is 3.69. The maximum absolute atomic E-state index is 4.59. The molecule has 0 aromatic heterocycles. The summed E-state index contributed by atoms with van der Waals surface area (Å²) in [5.74, 6) is 1.02. The van der Waals surface area contributed by atoms with Gasteiger partial charge in [0.1, 0.15) is 0 Å². The summed E-state index contributed by atoms with van der Waals surface area (Å²) in [6.07, 6.45) is 10.3. The molecule has 0 amide bonds. The van der Waals surface area contributed by atoms with E-state index in [1.54, 1.807) is 0 Å². The number of rotatable bonds is 3. The van der Waals surface area contributed by atoms with Crippen molar-refractivity contribution in [2.24, 2.45) is 4.99 Å². The lowest BCUT2D eigenvalue weighted by atomic mass is 10.00. The Morgan fingerprint density at radius 1 is 1.25 bits per heavy atom. The first kappa shape index (κ1) is 15.2. The number of benzene rings is 1. The summed E-state index contributed by atoms with van der Waals surface area (Å²) in [5.41, 5.74) is 4.13. The van der Waals surface area contributed by atoms with E-state index in [-0.39, 0.29) is 0 Å². The van der Waals surface area contributed by atoms with Crippen LogP contribution in [-0.4, -0.2) is 34.6 Å². The fourth-order valence-electron chi connectivity index (χ4n) is 3.69. The molecule has 3 aliphatic heterocycles. The second-order valence-corrected chi connectivity index (χ2v) is 6.80. The Labute approximate surface area is 143 Å². The average molecular weight is 320 g/mol. The van der Waals surface area contributed by atoms with Gasteiger partial charge in [-0.25, -0.2) is 4.99 Å². The summed E-state index contributed by atoms with van der Waals surface area (Å²) in [7, 11) is 0. The molecular weight excluding hydrogens is 296 g/mol. The first-order valence-electron chi connectivity index (χ1n) is 8.72. The molecule has 0 saturated heterocycles. The van der Waals surface area contributed by atoms with Crippen LogP contribution in [0.2, 0.25) is 0 Å². The van der Waals surface area contributed by atoms with Crippen LogP contribution in [0.15, 0.2) is 71.0 Å². The van der Waals surface area contributed by atoms with Gasteiger partial charge >= 0.3 is 0 Å². The zero-order chi connectivity index (χ0) is 16.5. The molecule has 3 heterocycles. The summed E-state index contributed by atoms with van der Waals surface area (Å²) < 4.78 is 0. The maximum atomic E-state index is 4.59. The maximum Gasteiger partial charge on any atom is 0.153 e. The zero-order valence-electron chi connectivity index (χ0n) is 14.3. The van der Waals surface area contributed by atoms with Gasteiger partial charge in [0.25, 0.3) is 0 Å². The second-order valence-electron chi connectivity index (χ2n) is 6.80. The molecule has 124 valence electrons. The van der Waals surface area contributed by atoms with Crippen LogP contribution in [-0.2, 0) is 6.42 Å². The largest absolute Gasteiger partial charge is 0.342 e. The van der Waals surface area contributed by atoms with Crippen LogP contribution in [0.3, 0.4) is 0 Å². The van der Waals surface area contributed by atoms with Crippen molar-refractivity contribution in [1.29, 1.82) is 0 Å². The van der Waals surface area contributed by atoms with Gasteiger partial charge < -0.3 is 15.1 Å². The zero-order valence-corrected chi connectivity index (χ0v) is 14.3. The van der Waals surface area contributed by atoms with Gasteiger partial charge in [0.05, 0.1) is 5.70 Å². The van der Waals surface area contributed by atoms with Gasteiger partial charge in [-0.3, -0.25) is 0 Å². The van der Waals surface area contributed by atoms with E-state index in [0.717, 1.165) is 25.2 Å². The molecule has 0 spiro atoms. The summed E-state index contributed by atoms with van der Waals surface area (Å²) >= 11 is 0. The SMILES string of the molecule is CC1CC2=C(CN1)N(C(C)Cc1ccccc1)C=C1N=CC=CN12. The number of nitrogens with zero attached hydrogens (tertiary/aromatic N) is 3. The van der Waals surface area contributed by atoms with E-state index in [2.05, 4.69) is 76.7 Å². The normalized spacial score (nSPS) is 23.8. The van der Waals surface area contributed by atoms with Gasteiger partial charge in [-0.15, -0.1) is 0 Å². The van der Waals surface area contributed by atoms with E-state index >= 15 is 0 Å². The second kappa shape index (κ2) is 6.29. The number of nitrogens with one attached hydrogen (secondary N) is 1. The van der Waals surface area contributed by atoms with Crippen LogP contribution in [0.5, 0.6) is 0 Å². The fraction of sp³-hybridized carbons (Fsp3) is 0.350. The van der Waals surface area contributed by atoms with Crippen LogP contribution in [0.1, 0.15) is 25.8 Å². The lowest BCUT2D eigenvalue weighted by Gasteiger charge is -2.43. The number of fused-ring (bicyclic) bond motifs is 2. The van der Waals surface area contributed by atoms with E-state index in [1.165, 1.54) is 17.0 Å². The molecule has 0 radical (unpaired) electrons. The number of allylic oxidation sites excluding steroid dienone is 1. The Morgan fingerprint density at radius 3 is 2.92 bits per heavy atom. The van der Waals surface area contributed by atoms with E-state index in [9.17, 15) is 0 Å². The summed E-state index contributed by atoms with van der Waals surface area (Å²) in [5, 5.41) is 3.61. The molecule has 1 aromatic rings. The summed E-state index contributed by atoms with van der Waals surface area (Å²) in [6, 6.07) is 11.6. The van der Waals surface area contributed by atoms with Gasteiger partial charge in [-0.05, 0) is 31.9 Å². The number of aliphatic imine (C=N–C) groups is 1. The van der Waals surface area contributed by atoms with Gasteiger partial charge in [0.15, 0.2) is 5.82 Å². The highest BCUT2D eigenvalue weighted by atomic mass is 15.3. The highest BCUT2D eigenvalue weighted by Gasteiger charge is 2.32. The summed E-state index contributed by atoms with van der Waals surface area (Å²) in [6.45, 7) is 5.45. The topological polar surface area (TPSA) is 30.9 Å². The minimum atomic E-state index is 0.392. The molecular formula is C20H24N4. The molecule has 0 aliphatic carbocycles. The van der Waals surface area contributed by atoms with Gasteiger partial charge in [0.2, 0.25) is 0 Å². The van der Waals surface area contributed by atoms with Crippen LogP contribution in [0.25, 0.3) is 0 Å². The van der Waals surface area contributed by atoms with E-state index in [0.29, 0.717) is 12.1 Å². The molecule has 4 rings (SSSR count). The third kappa shape index (κ3) is 2.78. The molecule has 0 fully saturated rings. The van der Waals surface area contributed by atoms with Crippen molar-refractivity contribution in [3.05, 3.63) is 71.6 Å². The Hall–Kier alpha value is -2.33. The van der Waals surface area contributed by atoms with Gasteiger partial charge in [-0.2, -0.15) is 0 Å². The molecule has 1 aromatic carbocycles. The predicted octanol–water partition coefficient (Wildman–Crippen LogP) is 3.23. The monoisotopic (exact) mass is 320 g/mol. The third-order valence-electron chi connectivity index (χ3n) is 4.93. The average Bonchev–Trinajstić information content (AvgIpc) is 2.61. The molecule has 4 nitrogen and oxygen atoms in total. The number of hydrogen-bond donors (Lipinski definition) is 1. The molecule has 3 aliphatic rings. The molecule has 0 saturated carbocycles. The lowest BCUT2D eigenvalue weighted by molar-refractivity contribution is 0.280. The van der Waals surface area contributed by atoms with Crippen molar-refractivity contribution >= 4 is 6.21 Å². The van der Waals surface area contributed by atoms with Crippen molar-refractivity contribution < 1.29 is 0 Å². The van der Waals surface area contributed by atoms with E-state index in [1.807, 2.05) is 12.3 Å². The Morgan fingerprint density at radius 2 is 2.08 bits per heavy atom. The summed E-state index contributed by atoms with van der Waals surface area (Å²) in [4.78, 5) is 9.25. The minimum Gasteiger partial charge on any atom is -0.342 e. The van der Waals surface area contributed by atoms with Crippen LogP contribution >= 0.6 is 0 Å². The molecule has 2 unspecified atom stereocenters. The third-order valence-corrected chi connectivity index (χ3v) is 4.93.